The number of aromatic nitrogens is 1. The number of fused-ring (bicyclic) bond motifs is 1. The molecule has 0 unspecified atom stereocenters. The molecule has 1 aromatic carbocycles. The molecular weight excluding hydrogens is 272 g/mol. The summed E-state index contributed by atoms with van der Waals surface area (Å²) in [6.07, 6.45) is 1.94. The summed E-state index contributed by atoms with van der Waals surface area (Å²) in [7, 11) is 0. The second kappa shape index (κ2) is 6.31. The molecule has 1 N–H and O–H groups in total. The summed E-state index contributed by atoms with van der Waals surface area (Å²) in [5.41, 5.74) is 2.61. The molecule has 0 fully saturated rings. The number of benzene rings is 1. The van der Waals surface area contributed by atoms with Gasteiger partial charge >= 0.3 is 0 Å². The van der Waals surface area contributed by atoms with Crippen molar-refractivity contribution in [1.29, 1.82) is 0 Å². The third-order valence-corrected chi connectivity index (χ3v) is 3.74. The second-order valence-electron chi connectivity index (χ2n) is 5.11. The minimum absolute atomic E-state index is 0.0820. The van der Waals surface area contributed by atoms with Crippen LogP contribution in [0.4, 0.5) is 0 Å². The first-order valence-electron chi connectivity index (χ1n) is 7.15. The van der Waals surface area contributed by atoms with Gasteiger partial charge in [-0.05, 0) is 37.5 Å². The quantitative estimate of drug-likeness (QED) is 0.871. The summed E-state index contributed by atoms with van der Waals surface area (Å²) in [5.74, 6) is 0.0820. The van der Waals surface area contributed by atoms with Crippen LogP contribution in [-0.4, -0.2) is 28.9 Å². The number of H-pyrrole nitrogens is 1. The van der Waals surface area contributed by atoms with E-state index in [-0.39, 0.29) is 5.91 Å². The molecule has 2 aromatic rings. The summed E-state index contributed by atoms with van der Waals surface area (Å²) in [4.78, 5) is 17.8. The molecule has 2 rings (SSSR count). The van der Waals surface area contributed by atoms with E-state index in [1.807, 2.05) is 30.0 Å². The number of nitrogens with one attached hydrogen (secondary N) is 1. The van der Waals surface area contributed by atoms with Gasteiger partial charge in [-0.3, -0.25) is 4.79 Å². The number of rotatable bonds is 5. The molecule has 0 aliphatic carbocycles. The predicted molar refractivity (Wildman–Crippen MR) is 84.5 cm³/mol. The largest absolute Gasteiger partial charge is 0.350 e. The molecule has 0 bridgehead atoms. The Balaban J connectivity index is 2.40. The molecule has 0 radical (unpaired) electrons. The lowest BCUT2D eigenvalue weighted by Crippen LogP contribution is -2.33. The number of hydrogen-bond acceptors (Lipinski definition) is 1. The molecule has 0 aliphatic rings. The monoisotopic (exact) mass is 292 g/mol. The number of aryl methyl sites for hydroxylation is 1. The van der Waals surface area contributed by atoms with Crippen molar-refractivity contribution in [2.75, 3.05) is 13.1 Å². The lowest BCUT2D eigenvalue weighted by molar-refractivity contribution is 0.0750. The lowest BCUT2D eigenvalue weighted by Gasteiger charge is -2.21. The molecule has 3 nitrogen and oxygen atoms in total. The number of amides is 1. The van der Waals surface area contributed by atoms with Crippen LogP contribution in [0.5, 0.6) is 0 Å². The Labute approximate surface area is 124 Å². The highest BCUT2D eigenvalue weighted by molar-refractivity contribution is 6.31. The molecule has 1 aromatic heterocycles. The zero-order valence-corrected chi connectivity index (χ0v) is 13.0. The number of carbonyl (C=O) groups excluding carboxylic acids is 1. The topological polar surface area (TPSA) is 36.1 Å². The van der Waals surface area contributed by atoms with Crippen LogP contribution in [0.1, 0.15) is 42.7 Å². The Morgan fingerprint density at radius 3 is 2.50 bits per heavy atom. The van der Waals surface area contributed by atoms with E-state index in [1.165, 1.54) is 0 Å². The number of carbonyl (C=O) groups is 1. The van der Waals surface area contributed by atoms with Crippen molar-refractivity contribution in [3.63, 3.8) is 0 Å². The van der Waals surface area contributed by atoms with Gasteiger partial charge in [0, 0.05) is 29.0 Å². The van der Waals surface area contributed by atoms with Gasteiger partial charge in [-0.1, -0.05) is 31.5 Å². The fraction of sp³-hybridized carbons (Fsp3) is 0.438. The predicted octanol–water partition coefficient (Wildman–Crippen LogP) is 4.39. The van der Waals surface area contributed by atoms with Crippen molar-refractivity contribution >= 4 is 28.4 Å². The van der Waals surface area contributed by atoms with Crippen LogP contribution in [0.15, 0.2) is 18.2 Å². The average molecular weight is 293 g/mol. The molecule has 1 heterocycles. The van der Waals surface area contributed by atoms with Gasteiger partial charge in [0.2, 0.25) is 0 Å². The maximum atomic E-state index is 12.7. The maximum Gasteiger partial charge on any atom is 0.270 e. The van der Waals surface area contributed by atoms with Gasteiger partial charge in [0.05, 0.1) is 0 Å². The lowest BCUT2D eigenvalue weighted by atomic mass is 10.1. The highest BCUT2D eigenvalue weighted by Gasteiger charge is 2.19. The third-order valence-electron chi connectivity index (χ3n) is 3.51. The van der Waals surface area contributed by atoms with Gasteiger partial charge in [0.15, 0.2) is 0 Å². The second-order valence-corrected chi connectivity index (χ2v) is 5.54. The zero-order valence-electron chi connectivity index (χ0n) is 12.3. The SMILES string of the molecule is CCCN(CCC)C(=O)c1[nH]c2cc(Cl)ccc2c1C. The van der Waals surface area contributed by atoms with Gasteiger partial charge in [-0.15, -0.1) is 0 Å². The molecule has 108 valence electrons. The standard InChI is InChI=1S/C16H21ClN2O/c1-4-8-19(9-5-2)16(20)15-11(3)13-7-6-12(17)10-14(13)18-15/h6-7,10,18H,4-5,8-9H2,1-3H3. The minimum atomic E-state index is 0.0820. The van der Waals surface area contributed by atoms with E-state index >= 15 is 0 Å². The summed E-state index contributed by atoms with van der Waals surface area (Å²) in [6, 6.07) is 5.68. The molecule has 0 spiro atoms. The Bertz CT molecular complexity index is 612. The van der Waals surface area contributed by atoms with Gasteiger partial charge in [0.25, 0.3) is 5.91 Å². The molecule has 4 heteroatoms. The summed E-state index contributed by atoms with van der Waals surface area (Å²) in [6.45, 7) is 7.75. The van der Waals surface area contributed by atoms with E-state index in [9.17, 15) is 4.79 Å². The van der Waals surface area contributed by atoms with E-state index in [2.05, 4.69) is 18.8 Å². The van der Waals surface area contributed by atoms with Crippen molar-refractivity contribution in [2.24, 2.45) is 0 Å². The Kier molecular flexibility index (Phi) is 4.71. The van der Waals surface area contributed by atoms with Crippen LogP contribution < -0.4 is 0 Å². The van der Waals surface area contributed by atoms with Crippen LogP contribution in [0.3, 0.4) is 0 Å². The molecule has 20 heavy (non-hydrogen) atoms. The summed E-state index contributed by atoms with van der Waals surface area (Å²) >= 11 is 6.01. The van der Waals surface area contributed by atoms with Gasteiger partial charge in [0.1, 0.15) is 5.69 Å². The van der Waals surface area contributed by atoms with Crippen molar-refractivity contribution in [3.8, 4) is 0 Å². The molecule has 0 saturated heterocycles. The summed E-state index contributed by atoms with van der Waals surface area (Å²) < 4.78 is 0. The first-order chi connectivity index (χ1) is 9.58. The van der Waals surface area contributed by atoms with E-state index in [4.69, 9.17) is 11.6 Å². The van der Waals surface area contributed by atoms with E-state index in [0.29, 0.717) is 10.7 Å². The molecular formula is C16H21ClN2O. The smallest absolute Gasteiger partial charge is 0.270 e. The average Bonchev–Trinajstić information content (AvgIpc) is 2.74. The Hall–Kier alpha value is -1.48. The van der Waals surface area contributed by atoms with E-state index in [0.717, 1.165) is 42.4 Å². The highest BCUT2D eigenvalue weighted by atomic mass is 35.5. The van der Waals surface area contributed by atoms with Crippen LogP contribution in [0.25, 0.3) is 10.9 Å². The van der Waals surface area contributed by atoms with Crippen molar-refractivity contribution in [3.05, 3.63) is 34.5 Å². The highest BCUT2D eigenvalue weighted by Crippen LogP contribution is 2.25. The van der Waals surface area contributed by atoms with Crippen LogP contribution in [0, 0.1) is 6.92 Å². The molecule has 1 amide bonds. The number of nitrogens with zero attached hydrogens (tertiary/aromatic N) is 1. The number of hydrogen-bond donors (Lipinski definition) is 1. The van der Waals surface area contributed by atoms with Gasteiger partial charge < -0.3 is 9.88 Å². The number of halogens is 1. The van der Waals surface area contributed by atoms with Crippen molar-refractivity contribution in [1.82, 2.24) is 9.88 Å². The summed E-state index contributed by atoms with van der Waals surface area (Å²) in [5, 5.41) is 1.74. The van der Waals surface area contributed by atoms with Crippen LogP contribution in [0.2, 0.25) is 5.02 Å². The Morgan fingerprint density at radius 1 is 1.25 bits per heavy atom. The fourth-order valence-corrected chi connectivity index (χ4v) is 2.71. The van der Waals surface area contributed by atoms with Crippen LogP contribution in [-0.2, 0) is 0 Å². The number of aromatic amines is 1. The first kappa shape index (κ1) is 14.9. The molecule has 0 atom stereocenters. The Morgan fingerprint density at radius 2 is 1.90 bits per heavy atom. The van der Waals surface area contributed by atoms with Gasteiger partial charge in [-0.25, -0.2) is 0 Å². The molecule has 0 aliphatic heterocycles. The van der Waals surface area contributed by atoms with Crippen LogP contribution >= 0.6 is 11.6 Å². The van der Waals surface area contributed by atoms with Gasteiger partial charge in [-0.2, -0.15) is 0 Å². The zero-order chi connectivity index (χ0) is 14.7. The molecule has 0 saturated carbocycles. The maximum absolute atomic E-state index is 12.7. The van der Waals surface area contributed by atoms with Crippen molar-refractivity contribution in [2.45, 2.75) is 33.6 Å². The van der Waals surface area contributed by atoms with E-state index in [1.54, 1.807) is 0 Å². The fourth-order valence-electron chi connectivity index (χ4n) is 2.54. The van der Waals surface area contributed by atoms with E-state index < -0.39 is 0 Å². The van der Waals surface area contributed by atoms with Crippen molar-refractivity contribution < 1.29 is 4.79 Å². The minimum Gasteiger partial charge on any atom is -0.350 e. The third kappa shape index (κ3) is 2.83. The normalized spacial score (nSPS) is 11.0. The first-order valence-corrected chi connectivity index (χ1v) is 7.53.